The number of hydrogen-bond acceptors (Lipinski definition) is 10. The summed E-state index contributed by atoms with van der Waals surface area (Å²) in [5.41, 5.74) is 3.36. The molecule has 2 aromatic carbocycles. The number of alkyl carbamates (subject to hydrolysis) is 1. The van der Waals surface area contributed by atoms with Crippen LogP contribution in [-0.2, 0) is 27.3 Å². The molecule has 5 N–H and O–H groups in total. The van der Waals surface area contributed by atoms with Crippen molar-refractivity contribution in [3.8, 4) is 11.3 Å². The topological polar surface area (TPSA) is 189 Å². The highest BCUT2D eigenvalue weighted by Crippen LogP contribution is 2.33. The van der Waals surface area contributed by atoms with E-state index in [9.17, 15) is 30.0 Å². The van der Waals surface area contributed by atoms with Crippen LogP contribution in [0.5, 0.6) is 0 Å². The number of carbonyl (C=O) groups is 2. The van der Waals surface area contributed by atoms with Crippen LogP contribution >= 0.6 is 0 Å². The largest absolute Gasteiger partial charge is 0.480 e. The molecule has 1 aliphatic heterocycles. The van der Waals surface area contributed by atoms with E-state index in [2.05, 4.69) is 20.3 Å². The van der Waals surface area contributed by atoms with E-state index in [0.717, 1.165) is 5.56 Å². The molecule has 208 valence electrons. The zero-order chi connectivity index (χ0) is 28.2. The fraction of sp³-hybridized carbons (Fsp3) is 0.296. The number of carbonyl (C=O) groups excluding carboxylic acids is 1. The molecule has 40 heavy (non-hydrogen) atoms. The molecule has 5 atom stereocenters. The Morgan fingerprint density at radius 2 is 1.75 bits per heavy atom. The number of imidazole rings is 1. The summed E-state index contributed by atoms with van der Waals surface area (Å²) in [6, 6.07) is 14.8. The van der Waals surface area contributed by atoms with Gasteiger partial charge in [0.25, 0.3) is 0 Å². The lowest BCUT2D eigenvalue weighted by atomic mass is 10.0. The van der Waals surface area contributed by atoms with Gasteiger partial charge in [-0.2, -0.15) is 0 Å². The van der Waals surface area contributed by atoms with Crippen molar-refractivity contribution in [1.82, 2.24) is 24.8 Å². The number of aliphatic hydroxyl groups is 3. The Morgan fingerprint density at radius 3 is 2.42 bits per heavy atom. The molecular weight excluding hydrogens is 522 g/mol. The first kappa shape index (κ1) is 27.1. The van der Waals surface area contributed by atoms with Gasteiger partial charge in [0.15, 0.2) is 11.9 Å². The Balaban J connectivity index is 1.28. The minimum absolute atomic E-state index is 0.0192. The average Bonchev–Trinajstić information content (AvgIpc) is 3.52. The standard InChI is InChI=1S/C27H27N5O8/c33-11-19-22(34)23(35)25(40-19)32-14-30-21-20(28-13-29-24(21)32)17-8-6-15(7-9-17)10-18(26(36)37)31-27(38)39-12-16-4-2-1-3-5-16/h1-9,13-14,18-19,22-23,25,33-35H,10-12H2,(H,31,38)(H,36,37)/t18-,19+,22+,23+,25+/m0/s1. The van der Waals surface area contributed by atoms with E-state index in [1.807, 2.05) is 18.2 Å². The van der Waals surface area contributed by atoms with Crippen LogP contribution in [0.15, 0.2) is 67.3 Å². The molecule has 5 rings (SSSR count). The molecule has 0 unspecified atom stereocenters. The van der Waals surface area contributed by atoms with Gasteiger partial charge in [-0.05, 0) is 11.1 Å². The van der Waals surface area contributed by atoms with Crippen LogP contribution in [0, 0.1) is 0 Å². The van der Waals surface area contributed by atoms with Gasteiger partial charge in [-0.25, -0.2) is 24.5 Å². The molecule has 3 heterocycles. The number of nitrogens with one attached hydrogen (secondary N) is 1. The minimum Gasteiger partial charge on any atom is -0.480 e. The maximum absolute atomic E-state index is 12.2. The Bertz CT molecular complexity index is 1480. The summed E-state index contributed by atoms with van der Waals surface area (Å²) in [6.45, 7) is -0.438. The summed E-state index contributed by atoms with van der Waals surface area (Å²) in [5, 5.41) is 41.9. The van der Waals surface area contributed by atoms with Gasteiger partial charge in [-0.15, -0.1) is 0 Å². The molecule has 13 nitrogen and oxygen atoms in total. The summed E-state index contributed by atoms with van der Waals surface area (Å²) in [4.78, 5) is 36.9. The predicted molar refractivity (Wildman–Crippen MR) is 139 cm³/mol. The average molecular weight is 550 g/mol. The molecule has 0 spiro atoms. The summed E-state index contributed by atoms with van der Waals surface area (Å²) < 4.78 is 12.2. The van der Waals surface area contributed by atoms with Gasteiger partial charge in [0.1, 0.15) is 48.5 Å². The third-order valence-electron chi connectivity index (χ3n) is 6.62. The monoisotopic (exact) mass is 549 g/mol. The van der Waals surface area contributed by atoms with Crippen LogP contribution in [0.25, 0.3) is 22.4 Å². The summed E-state index contributed by atoms with van der Waals surface area (Å²) in [5.74, 6) is -1.20. The summed E-state index contributed by atoms with van der Waals surface area (Å²) >= 11 is 0. The Kier molecular flexibility index (Phi) is 7.98. The number of aliphatic carboxylic acids is 1. The highest BCUT2D eigenvalue weighted by molar-refractivity contribution is 5.87. The molecule has 0 saturated carbocycles. The molecule has 0 bridgehead atoms. The van der Waals surface area contributed by atoms with Crippen molar-refractivity contribution in [3.05, 3.63) is 78.4 Å². The number of ether oxygens (including phenoxy) is 2. The lowest BCUT2D eigenvalue weighted by Gasteiger charge is -2.16. The lowest BCUT2D eigenvalue weighted by Crippen LogP contribution is -2.42. The van der Waals surface area contributed by atoms with E-state index in [-0.39, 0.29) is 13.0 Å². The first-order valence-electron chi connectivity index (χ1n) is 12.4. The number of carboxylic acid groups (broad SMARTS) is 1. The third kappa shape index (κ3) is 5.62. The van der Waals surface area contributed by atoms with Crippen molar-refractivity contribution < 1.29 is 39.5 Å². The lowest BCUT2D eigenvalue weighted by molar-refractivity contribution is -0.139. The summed E-state index contributed by atoms with van der Waals surface area (Å²) in [6.07, 6.45) is -2.57. The molecule has 1 amide bonds. The van der Waals surface area contributed by atoms with E-state index in [0.29, 0.717) is 28.0 Å². The quantitative estimate of drug-likeness (QED) is 0.200. The number of fused-ring (bicyclic) bond motifs is 1. The maximum Gasteiger partial charge on any atom is 0.408 e. The minimum atomic E-state index is -1.29. The number of nitrogens with zero attached hydrogens (tertiary/aromatic N) is 4. The second-order valence-electron chi connectivity index (χ2n) is 9.27. The number of rotatable bonds is 9. The summed E-state index contributed by atoms with van der Waals surface area (Å²) in [7, 11) is 0. The fourth-order valence-corrected chi connectivity index (χ4v) is 4.50. The van der Waals surface area contributed by atoms with Gasteiger partial charge in [-0.3, -0.25) is 4.57 Å². The molecule has 2 aromatic heterocycles. The second-order valence-corrected chi connectivity index (χ2v) is 9.27. The molecule has 13 heteroatoms. The van der Waals surface area contributed by atoms with Gasteiger partial charge in [0.2, 0.25) is 0 Å². The van der Waals surface area contributed by atoms with Crippen LogP contribution in [0.1, 0.15) is 17.4 Å². The first-order valence-corrected chi connectivity index (χ1v) is 12.4. The molecule has 0 aliphatic carbocycles. The van der Waals surface area contributed by atoms with Gasteiger partial charge in [0.05, 0.1) is 12.9 Å². The Hall–Kier alpha value is -4.43. The van der Waals surface area contributed by atoms with E-state index in [1.54, 1.807) is 36.4 Å². The number of amides is 1. The van der Waals surface area contributed by atoms with Crippen LogP contribution in [-0.4, -0.2) is 83.0 Å². The zero-order valence-corrected chi connectivity index (χ0v) is 21.1. The number of aromatic nitrogens is 4. The highest BCUT2D eigenvalue weighted by Gasteiger charge is 2.44. The Labute approximate surface area is 227 Å². The van der Waals surface area contributed by atoms with Gasteiger partial charge >= 0.3 is 12.1 Å². The zero-order valence-electron chi connectivity index (χ0n) is 21.1. The number of benzene rings is 2. The van der Waals surface area contributed by atoms with Crippen molar-refractivity contribution in [2.45, 2.75) is 43.6 Å². The van der Waals surface area contributed by atoms with Crippen molar-refractivity contribution in [1.29, 1.82) is 0 Å². The van der Waals surface area contributed by atoms with Crippen LogP contribution in [0.4, 0.5) is 4.79 Å². The van der Waals surface area contributed by atoms with Crippen molar-refractivity contribution in [2.24, 2.45) is 0 Å². The van der Waals surface area contributed by atoms with Gasteiger partial charge < -0.3 is 35.2 Å². The van der Waals surface area contributed by atoms with E-state index in [1.165, 1.54) is 17.2 Å². The normalized spacial score (nSPS) is 21.3. The van der Waals surface area contributed by atoms with Gasteiger partial charge in [-0.1, -0.05) is 54.6 Å². The van der Waals surface area contributed by atoms with Crippen molar-refractivity contribution >= 4 is 23.2 Å². The Morgan fingerprint density at radius 1 is 1.00 bits per heavy atom. The number of carboxylic acids is 1. The second kappa shape index (κ2) is 11.8. The van der Waals surface area contributed by atoms with Crippen LogP contribution in [0.2, 0.25) is 0 Å². The van der Waals surface area contributed by atoms with Crippen LogP contribution in [0.3, 0.4) is 0 Å². The smallest absolute Gasteiger partial charge is 0.408 e. The van der Waals surface area contributed by atoms with Gasteiger partial charge in [0, 0.05) is 12.0 Å². The molecule has 1 fully saturated rings. The van der Waals surface area contributed by atoms with Crippen LogP contribution < -0.4 is 5.32 Å². The first-order chi connectivity index (χ1) is 19.4. The number of hydrogen-bond donors (Lipinski definition) is 5. The van der Waals surface area contributed by atoms with E-state index >= 15 is 0 Å². The molecule has 0 radical (unpaired) electrons. The van der Waals surface area contributed by atoms with Crippen molar-refractivity contribution in [3.63, 3.8) is 0 Å². The van der Waals surface area contributed by atoms with E-state index in [4.69, 9.17) is 9.47 Å². The van der Waals surface area contributed by atoms with E-state index < -0.39 is 49.3 Å². The molecular formula is C27H27N5O8. The fourth-order valence-electron chi connectivity index (χ4n) is 4.50. The SMILES string of the molecule is O=C(N[C@@H](Cc1ccc(-c2ncnc3c2ncn3[C@@H]2O[C@H](CO)[C@@H](O)[C@H]2O)cc1)C(=O)O)OCc1ccccc1. The van der Waals surface area contributed by atoms with Crippen molar-refractivity contribution in [2.75, 3.05) is 6.61 Å². The highest BCUT2D eigenvalue weighted by atomic mass is 16.6. The molecule has 1 saturated heterocycles. The predicted octanol–water partition coefficient (Wildman–Crippen LogP) is 1.03. The number of aliphatic hydroxyl groups excluding tert-OH is 3. The maximum atomic E-state index is 12.2. The molecule has 1 aliphatic rings. The molecule has 4 aromatic rings. The third-order valence-corrected chi connectivity index (χ3v) is 6.62.